The number of nitrogens with zero attached hydrogens (tertiary/aromatic N) is 1. The summed E-state index contributed by atoms with van der Waals surface area (Å²) in [5, 5.41) is 3.38. The summed E-state index contributed by atoms with van der Waals surface area (Å²) in [6, 6.07) is 1.19. The first kappa shape index (κ1) is 9.96. The molecule has 3 heteroatoms. The molecule has 1 atom stereocenters. The summed E-state index contributed by atoms with van der Waals surface area (Å²) >= 11 is 0. The van der Waals surface area contributed by atoms with Crippen molar-refractivity contribution in [3.05, 3.63) is 0 Å². The summed E-state index contributed by atoms with van der Waals surface area (Å²) in [4.78, 5) is 2.50. The molecule has 0 radical (unpaired) electrons. The molecular formula is C9H20N2O. The molecule has 1 rings (SSSR count). The van der Waals surface area contributed by atoms with Gasteiger partial charge in [0.1, 0.15) is 0 Å². The van der Waals surface area contributed by atoms with E-state index in [9.17, 15) is 0 Å². The molecule has 0 aromatic rings. The van der Waals surface area contributed by atoms with Crippen LogP contribution < -0.4 is 5.32 Å². The number of nitrogens with one attached hydrogen (secondary N) is 1. The van der Waals surface area contributed by atoms with Gasteiger partial charge < -0.3 is 10.1 Å². The van der Waals surface area contributed by atoms with Gasteiger partial charge in [-0.1, -0.05) is 0 Å². The molecule has 1 N–H and O–H groups in total. The van der Waals surface area contributed by atoms with Crippen molar-refractivity contribution in [2.45, 2.75) is 25.9 Å². The Morgan fingerprint density at radius 2 is 2.33 bits per heavy atom. The normalized spacial score (nSPS) is 26.5. The molecule has 3 nitrogen and oxygen atoms in total. The zero-order chi connectivity index (χ0) is 8.97. The first-order valence-electron chi connectivity index (χ1n) is 4.71. The standard InChI is InChI=1S/C9H20N2O/c1-8(2)11-5-4-10-6-9(11)7-12-3/h8-10H,4-7H2,1-3H3/t9-/m1/s1. The van der Waals surface area contributed by atoms with Crippen LogP contribution in [0.5, 0.6) is 0 Å². The number of piperazine rings is 1. The summed E-state index contributed by atoms with van der Waals surface area (Å²) in [5.41, 5.74) is 0. The Balaban J connectivity index is 2.42. The van der Waals surface area contributed by atoms with Crippen LogP contribution in [0.4, 0.5) is 0 Å². The van der Waals surface area contributed by atoms with Crippen LogP contribution in [-0.2, 0) is 4.74 Å². The van der Waals surface area contributed by atoms with Crippen LogP contribution in [0, 0.1) is 0 Å². The molecule has 12 heavy (non-hydrogen) atoms. The van der Waals surface area contributed by atoms with Crippen molar-refractivity contribution in [1.82, 2.24) is 10.2 Å². The predicted molar refractivity (Wildman–Crippen MR) is 50.4 cm³/mol. The Morgan fingerprint density at radius 1 is 1.58 bits per heavy atom. The lowest BCUT2D eigenvalue weighted by Gasteiger charge is -2.38. The van der Waals surface area contributed by atoms with E-state index in [-0.39, 0.29) is 0 Å². The van der Waals surface area contributed by atoms with Gasteiger partial charge in [-0.05, 0) is 13.8 Å². The fourth-order valence-corrected chi connectivity index (χ4v) is 1.80. The average molecular weight is 172 g/mol. The van der Waals surface area contributed by atoms with E-state index in [1.54, 1.807) is 7.11 Å². The minimum Gasteiger partial charge on any atom is -0.383 e. The third-order valence-electron chi connectivity index (χ3n) is 2.42. The molecule has 0 unspecified atom stereocenters. The van der Waals surface area contributed by atoms with Crippen LogP contribution in [0.1, 0.15) is 13.8 Å². The highest BCUT2D eigenvalue weighted by Gasteiger charge is 2.23. The molecule has 1 aliphatic rings. The second-order valence-corrected chi connectivity index (χ2v) is 3.64. The largest absolute Gasteiger partial charge is 0.383 e. The van der Waals surface area contributed by atoms with E-state index in [1.807, 2.05) is 0 Å². The molecule has 1 saturated heterocycles. The van der Waals surface area contributed by atoms with E-state index in [0.717, 1.165) is 26.2 Å². The molecule has 0 bridgehead atoms. The summed E-state index contributed by atoms with van der Waals surface area (Å²) < 4.78 is 5.18. The van der Waals surface area contributed by atoms with Gasteiger partial charge in [-0.15, -0.1) is 0 Å². The number of rotatable bonds is 3. The predicted octanol–water partition coefficient (Wildman–Crippen LogP) is 0.315. The van der Waals surface area contributed by atoms with Crippen molar-refractivity contribution in [2.75, 3.05) is 33.4 Å². The van der Waals surface area contributed by atoms with Gasteiger partial charge in [0.2, 0.25) is 0 Å². The molecule has 72 valence electrons. The third kappa shape index (κ3) is 2.44. The Bertz CT molecular complexity index is 126. The maximum atomic E-state index is 5.18. The Hall–Kier alpha value is -0.120. The maximum absolute atomic E-state index is 5.18. The lowest BCUT2D eigenvalue weighted by Crippen LogP contribution is -2.55. The van der Waals surface area contributed by atoms with Crippen molar-refractivity contribution < 1.29 is 4.74 Å². The molecule has 0 aromatic carbocycles. The van der Waals surface area contributed by atoms with Crippen molar-refractivity contribution >= 4 is 0 Å². The molecule has 0 amide bonds. The Kier molecular flexibility index (Phi) is 3.98. The summed E-state index contributed by atoms with van der Waals surface area (Å²) in [6.45, 7) is 8.64. The van der Waals surface area contributed by atoms with Crippen molar-refractivity contribution in [2.24, 2.45) is 0 Å². The molecule has 1 fully saturated rings. The van der Waals surface area contributed by atoms with Gasteiger partial charge in [-0.2, -0.15) is 0 Å². The van der Waals surface area contributed by atoms with Gasteiger partial charge in [0.15, 0.2) is 0 Å². The second-order valence-electron chi connectivity index (χ2n) is 3.64. The molecule has 0 aromatic heterocycles. The van der Waals surface area contributed by atoms with Gasteiger partial charge in [-0.3, -0.25) is 4.90 Å². The lowest BCUT2D eigenvalue weighted by atomic mass is 10.1. The minimum absolute atomic E-state index is 0.559. The van der Waals surface area contributed by atoms with Gasteiger partial charge in [-0.25, -0.2) is 0 Å². The summed E-state index contributed by atoms with van der Waals surface area (Å²) in [7, 11) is 1.77. The van der Waals surface area contributed by atoms with Gasteiger partial charge in [0.05, 0.1) is 6.61 Å². The van der Waals surface area contributed by atoms with Gasteiger partial charge >= 0.3 is 0 Å². The van der Waals surface area contributed by atoms with E-state index in [0.29, 0.717) is 12.1 Å². The van der Waals surface area contributed by atoms with Gasteiger partial charge in [0.25, 0.3) is 0 Å². The molecule has 0 saturated carbocycles. The Morgan fingerprint density at radius 3 is 2.92 bits per heavy atom. The molecular weight excluding hydrogens is 152 g/mol. The first-order valence-corrected chi connectivity index (χ1v) is 4.71. The monoisotopic (exact) mass is 172 g/mol. The Labute approximate surface area is 75.1 Å². The van der Waals surface area contributed by atoms with Crippen LogP contribution in [0.25, 0.3) is 0 Å². The number of hydrogen-bond donors (Lipinski definition) is 1. The zero-order valence-corrected chi connectivity index (χ0v) is 8.34. The summed E-state index contributed by atoms with van der Waals surface area (Å²) in [6.07, 6.45) is 0. The van der Waals surface area contributed by atoms with Crippen molar-refractivity contribution in [3.63, 3.8) is 0 Å². The minimum atomic E-state index is 0.559. The van der Waals surface area contributed by atoms with E-state index >= 15 is 0 Å². The molecule has 0 spiro atoms. The topological polar surface area (TPSA) is 24.5 Å². The van der Waals surface area contributed by atoms with E-state index in [4.69, 9.17) is 4.74 Å². The fraction of sp³-hybridized carbons (Fsp3) is 1.00. The lowest BCUT2D eigenvalue weighted by molar-refractivity contribution is 0.0539. The number of ether oxygens (including phenoxy) is 1. The zero-order valence-electron chi connectivity index (χ0n) is 8.34. The highest BCUT2D eigenvalue weighted by atomic mass is 16.5. The van der Waals surface area contributed by atoms with Crippen LogP contribution in [-0.4, -0.2) is 50.3 Å². The van der Waals surface area contributed by atoms with Gasteiger partial charge in [0, 0.05) is 38.8 Å². The van der Waals surface area contributed by atoms with Crippen LogP contribution in [0.2, 0.25) is 0 Å². The fourth-order valence-electron chi connectivity index (χ4n) is 1.80. The SMILES string of the molecule is COC[C@H]1CNCCN1C(C)C. The average Bonchev–Trinajstić information content (AvgIpc) is 2.05. The summed E-state index contributed by atoms with van der Waals surface area (Å²) in [5.74, 6) is 0. The van der Waals surface area contributed by atoms with E-state index < -0.39 is 0 Å². The van der Waals surface area contributed by atoms with Crippen LogP contribution in [0.3, 0.4) is 0 Å². The van der Waals surface area contributed by atoms with Crippen LogP contribution >= 0.6 is 0 Å². The highest BCUT2D eigenvalue weighted by molar-refractivity contribution is 4.81. The molecule has 0 aliphatic carbocycles. The highest BCUT2D eigenvalue weighted by Crippen LogP contribution is 2.07. The number of hydrogen-bond acceptors (Lipinski definition) is 3. The smallest absolute Gasteiger partial charge is 0.0630 e. The second kappa shape index (κ2) is 4.80. The van der Waals surface area contributed by atoms with E-state index in [2.05, 4.69) is 24.1 Å². The first-order chi connectivity index (χ1) is 5.75. The number of methoxy groups -OCH3 is 1. The molecule has 1 aliphatic heterocycles. The molecule has 1 heterocycles. The maximum Gasteiger partial charge on any atom is 0.0630 e. The van der Waals surface area contributed by atoms with Crippen LogP contribution in [0.15, 0.2) is 0 Å². The van der Waals surface area contributed by atoms with Crippen molar-refractivity contribution in [3.8, 4) is 0 Å². The quantitative estimate of drug-likeness (QED) is 0.663. The third-order valence-corrected chi connectivity index (χ3v) is 2.42. The van der Waals surface area contributed by atoms with Crippen molar-refractivity contribution in [1.29, 1.82) is 0 Å². The van der Waals surface area contributed by atoms with E-state index in [1.165, 1.54) is 0 Å².